The molecule has 0 radical (unpaired) electrons. The van der Waals surface area contributed by atoms with E-state index < -0.39 is 35.1 Å². The van der Waals surface area contributed by atoms with Gasteiger partial charge in [-0.2, -0.15) is 19.0 Å². The number of alkyl halides is 2. The Morgan fingerprint density at radius 3 is 2.62 bits per heavy atom. The minimum atomic E-state index is -3.43. The number of benzene rings is 2. The smallest absolute Gasteiger partial charge is 0.293 e. The van der Waals surface area contributed by atoms with E-state index in [9.17, 15) is 23.9 Å². The molecule has 2 fully saturated rings. The molecule has 218 valence electrons. The van der Waals surface area contributed by atoms with E-state index in [-0.39, 0.29) is 35.5 Å². The molecule has 0 aliphatic carbocycles. The number of fused-ring (bicyclic) bond motifs is 1. The standard InChI is InChI=1S/C30H29F2N5O4S/c1-5-11-30(31,32)21-13-18(8-7-17(21)14-33)36-27(39)29(3,4)37(28(36)42)19-9-10-22-20(12-19)26(35-25(6-2)34-22)41-24-16-40-15-23(24)38/h5,7-13,23-24,38H,6,15-16H2,1-4H3/b11-5+/t23-,24-/m1/s1. The van der Waals surface area contributed by atoms with E-state index in [1.165, 1.54) is 30.0 Å². The molecule has 2 atom stereocenters. The molecule has 0 unspecified atom stereocenters. The summed E-state index contributed by atoms with van der Waals surface area (Å²) in [5.41, 5.74) is -0.686. The third-order valence-corrected chi connectivity index (χ3v) is 7.68. The highest BCUT2D eigenvalue weighted by atomic mass is 32.1. The summed E-state index contributed by atoms with van der Waals surface area (Å²) < 4.78 is 41.3. The molecular formula is C30H29F2N5O4S. The van der Waals surface area contributed by atoms with Gasteiger partial charge in [0.05, 0.1) is 41.4 Å². The third kappa shape index (κ3) is 4.98. The Bertz CT molecular complexity index is 1650. The molecule has 0 saturated carbocycles. The number of amides is 1. The maximum Gasteiger partial charge on any atom is 0.293 e. The Morgan fingerprint density at radius 2 is 1.98 bits per heavy atom. The zero-order valence-electron chi connectivity index (χ0n) is 23.5. The summed E-state index contributed by atoms with van der Waals surface area (Å²) >= 11 is 5.78. The number of carbonyl (C=O) groups is 1. The number of aromatic nitrogens is 2. The molecule has 1 N–H and O–H groups in total. The summed E-state index contributed by atoms with van der Waals surface area (Å²) in [6.45, 7) is 7.12. The number of anilines is 2. The van der Waals surface area contributed by atoms with Crippen molar-refractivity contribution in [2.75, 3.05) is 23.0 Å². The molecule has 1 amide bonds. The van der Waals surface area contributed by atoms with Crippen LogP contribution in [-0.4, -0.2) is 57.1 Å². The van der Waals surface area contributed by atoms with Gasteiger partial charge in [0.25, 0.3) is 11.8 Å². The maximum atomic E-state index is 14.9. The van der Waals surface area contributed by atoms with Crippen molar-refractivity contribution < 1.29 is 28.2 Å². The molecule has 2 saturated heterocycles. The Morgan fingerprint density at radius 1 is 1.24 bits per heavy atom. The number of halogens is 2. The van der Waals surface area contributed by atoms with Gasteiger partial charge in [0.1, 0.15) is 17.5 Å². The number of aryl methyl sites for hydroxylation is 1. The van der Waals surface area contributed by atoms with Crippen LogP contribution in [0, 0.1) is 11.3 Å². The van der Waals surface area contributed by atoms with E-state index >= 15 is 0 Å². The van der Waals surface area contributed by atoms with Crippen LogP contribution in [0.1, 0.15) is 44.6 Å². The van der Waals surface area contributed by atoms with Crippen LogP contribution in [0.5, 0.6) is 5.88 Å². The van der Waals surface area contributed by atoms with E-state index in [0.717, 1.165) is 6.07 Å². The predicted octanol–water partition coefficient (Wildman–Crippen LogP) is 4.79. The summed E-state index contributed by atoms with van der Waals surface area (Å²) in [5.74, 6) is -3.04. The normalized spacial score (nSPS) is 20.6. The van der Waals surface area contributed by atoms with Gasteiger partial charge in [-0.15, -0.1) is 0 Å². The molecule has 9 nitrogen and oxygen atoms in total. The number of hydrogen-bond donors (Lipinski definition) is 1. The van der Waals surface area contributed by atoms with E-state index in [4.69, 9.17) is 21.7 Å². The number of aliphatic hydroxyl groups excluding tert-OH is 1. The summed E-state index contributed by atoms with van der Waals surface area (Å²) in [4.78, 5) is 25.8. The van der Waals surface area contributed by atoms with Crippen molar-refractivity contribution in [1.29, 1.82) is 5.26 Å². The van der Waals surface area contributed by atoms with E-state index in [0.29, 0.717) is 34.9 Å². The Kier molecular flexibility index (Phi) is 7.70. The van der Waals surface area contributed by atoms with Crippen LogP contribution in [0.3, 0.4) is 0 Å². The number of ether oxygens (including phenoxy) is 2. The lowest BCUT2D eigenvalue weighted by molar-refractivity contribution is -0.120. The molecule has 2 aliphatic rings. The van der Waals surface area contributed by atoms with Crippen molar-refractivity contribution >= 4 is 45.5 Å². The molecule has 2 aliphatic heterocycles. The Labute approximate surface area is 247 Å². The van der Waals surface area contributed by atoms with Crippen molar-refractivity contribution in [3.63, 3.8) is 0 Å². The minimum absolute atomic E-state index is 0.0718. The lowest BCUT2D eigenvalue weighted by Crippen LogP contribution is -2.44. The fourth-order valence-corrected chi connectivity index (χ4v) is 5.62. The first-order chi connectivity index (χ1) is 19.9. The second kappa shape index (κ2) is 11.0. The zero-order chi connectivity index (χ0) is 30.4. The SMILES string of the molecule is C/C=C/C(F)(F)c1cc(N2C(=O)C(C)(C)N(c3ccc4nc(CC)nc(O[C@@H]5COC[C@H]5O)c4c3)C2=S)ccc1C#N. The summed E-state index contributed by atoms with van der Waals surface area (Å²) in [5, 5.41) is 20.3. The summed E-state index contributed by atoms with van der Waals surface area (Å²) in [7, 11) is 0. The zero-order valence-corrected chi connectivity index (χ0v) is 24.3. The van der Waals surface area contributed by atoms with Crippen LogP contribution in [-0.2, 0) is 21.9 Å². The molecule has 0 spiro atoms. The van der Waals surface area contributed by atoms with Gasteiger partial charge in [-0.05, 0) is 75.5 Å². The van der Waals surface area contributed by atoms with E-state index in [1.54, 1.807) is 43.0 Å². The highest BCUT2D eigenvalue weighted by Gasteiger charge is 2.50. The molecule has 3 heterocycles. The number of hydrogen-bond acceptors (Lipinski definition) is 8. The van der Waals surface area contributed by atoms with Gasteiger partial charge in [-0.25, -0.2) is 4.98 Å². The monoisotopic (exact) mass is 593 g/mol. The molecule has 1 aromatic heterocycles. The van der Waals surface area contributed by atoms with Crippen LogP contribution < -0.4 is 14.5 Å². The second-order valence-corrected chi connectivity index (χ2v) is 10.9. The minimum Gasteiger partial charge on any atom is -0.468 e. The van der Waals surface area contributed by atoms with Gasteiger partial charge in [-0.3, -0.25) is 9.69 Å². The first-order valence-electron chi connectivity index (χ1n) is 13.4. The molecule has 0 bridgehead atoms. The van der Waals surface area contributed by atoms with E-state index in [2.05, 4.69) is 9.97 Å². The second-order valence-electron chi connectivity index (χ2n) is 10.5. The average molecular weight is 594 g/mol. The molecule has 12 heteroatoms. The first-order valence-corrected chi connectivity index (χ1v) is 13.8. The molecule has 3 aromatic rings. The van der Waals surface area contributed by atoms with Gasteiger partial charge >= 0.3 is 0 Å². The quantitative estimate of drug-likeness (QED) is 0.305. The number of aliphatic hydroxyl groups is 1. The number of thiocarbonyl (C=S) groups is 1. The fraction of sp³-hybridized carbons (Fsp3) is 0.367. The predicted molar refractivity (Wildman–Crippen MR) is 157 cm³/mol. The maximum absolute atomic E-state index is 14.9. The molecule has 2 aromatic carbocycles. The lowest BCUT2D eigenvalue weighted by atomic mass is 9.99. The van der Waals surface area contributed by atoms with Crippen molar-refractivity contribution in [2.45, 2.75) is 57.8 Å². The van der Waals surface area contributed by atoms with Gasteiger partial charge in [0, 0.05) is 17.7 Å². The number of carbonyl (C=O) groups excluding carboxylic acids is 1. The van der Waals surface area contributed by atoms with Crippen LogP contribution in [0.4, 0.5) is 20.2 Å². The van der Waals surface area contributed by atoms with Crippen molar-refractivity contribution in [3.05, 3.63) is 65.5 Å². The van der Waals surface area contributed by atoms with Crippen LogP contribution in [0.15, 0.2) is 48.6 Å². The highest BCUT2D eigenvalue weighted by molar-refractivity contribution is 7.81. The summed E-state index contributed by atoms with van der Waals surface area (Å²) in [6.07, 6.45) is 1.05. The Hall–Kier alpha value is -4.05. The third-order valence-electron chi connectivity index (χ3n) is 7.31. The highest BCUT2D eigenvalue weighted by Crippen LogP contribution is 2.41. The van der Waals surface area contributed by atoms with Crippen LogP contribution >= 0.6 is 12.2 Å². The largest absolute Gasteiger partial charge is 0.468 e. The Balaban J connectivity index is 1.58. The number of nitrogens with zero attached hydrogens (tertiary/aromatic N) is 5. The first kappa shape index (κ1) is 29.4. The molecule has 5 rings (SSSR count). The summed E-state index contributed by atoms with van der Waals surface area (Å²) in [6, 6.07) is 10.9. The van der Waals surface area contributed by atoms with E-state index in [1.807, 2.05) is 6.92 Å². The van der Waals surface area contributed by atoms with Gasteiger partial charge in [0.2, 0.25) is 5.88 Å². The fourth-order valence-electron chi connectivity index (χ4n) is 5.10. The lowest BCUT2D eigenvalue weighted by Gasteiger charge is -2.29. The number of nitriles is 1. The molecule has 42 heavy (non-hydrogen) atoms. The van der Waals surface area contributed by atoms with Gasteiger partial charge in [-0.1, -0.05) is 13.0 Å². The van der Waals surface area contributed by atoms with Crippen molar-refractivity contribution in [1.82, 2.24) is 9.97 Å². The van der Waals surface area contributed by atoms with Gasteiger partial charge in [0.15, 0.2) is 11.2 Å². The average Bonchev–Trinajstić information content (AvgIpc) is 3.43. The van der Waals surface area contributed by atoms with Crippen molar-refractivity contribution in [2.24, 2.45) is 0 Å². The van der Waals surface area contributed by atoms with Crippen LogP contribution in [0.25, 0.3) is 10.9 Å². The van der Waals surface area contributed by atoms with Crippen molar-refractivity contribution in [3.8, 4) is 11.9 Å². The topological polar surface area (TPSA) is 112 Å². The number of rotatable bonds is 7. The number of allylic oxidation sites excluding steroid dienone is 2. The molecular weight excluding hydrogens is 564 g/mol. The van der Waals surface area contributed by atoms with Gasteiger partial charge < -0.3 is 19.5 Å². The van der Waals surface area contributed by atoms with Crippen LogP contribution in [0.2, 0.25) is 0 Å².